The van der Waals surface area contributed by atoms with E-state index < -0.39 is 0 Å². The molecule has 1 saturated carbocycles. The molecule has 3 heterocycles. The Morgan fingerprint density at radius 1 is 0.919 bits per heavy atom. The molecule has 2 aromatic carbocycles. The number of rotatable bonds is 7. The molecule has 5 nitrogen and oxygen atoms in total. The summed E-state index contributed by atoms with van der Waals surface area (Å²) in [6.07, 6.45) is 5.35. The molecule has 0 radical (unpaired) electrons. The second-order valence-electron chi connectivity index (χ2n) is 9.04. The van der Waals surface area contributed by atoms with Crippen molar-refractivity contribution in [3.63, 3.8) is 0 Å². The number of carbonyl (C=O) groups is 1. The zero-order valence-corrected chi connectivity index (χ0v) is 21.8. The SMILES string of the molecule is O=C(COc1ccc(Oc2ccccc2)cc1)N1N=C2/C(=C\c3cccs3)CCC[C@H]2[C@@H]1c1cccs1. The summed E-state index contributed by atoms with van der Waals surface area (Å²) in [5.41, 5.74) is 2.29. The average Bonchev–Trinajstić information content (AvgIpc) is 3.70. The van der Waals surface area contributed by atoms with Crippen LogP contribution in [0.5, 0.6) is 17.2 Å². The smallest absolute Gasteiger partial charge is 0.281 e. The molecule has 0 bridgehead atoms. The van der Waals surface area contributed by atoms with E-state index in [-0.39, 0.29) is 24.5 Å². The minimum absolute atomic E-state index is 0.0752. The number of benzene rings is 2. The molecule has 186 valence electrons. The highest BCUT2D eigenvalue weighted by Crippen LogP contribution is 2.45. The predicted octanol–water partition coefficient (Wildman–Crippen LogP) is 7.80. The highest BCUT2D eigenvalue weighted by molar-refractivity contribution is 7.11. The van der Waals surface area contributed by atoms with Gasteiger partial charge in [-0.05, 0) is 90.2 Å². The topological polar surface area (TPSA) is 51.1 Å². The van der Waals surface area contributed by atoms with E-state index in [4.69, 9.17) is 14.6 Å². The fourth-order valence-electron chi connectivity index (χ4n) is 4.93. The lowest BCUT2D eigenvalue weighted by molar-refractivity contribution is -0.135. The third kappa shape index (κ3) is 5.24. The van der Waals surface area contributed by atoms with Crippen LogP contribution in [0.3, 0.4) is 0 Å². The van der Waals surface area contributed by atoms with E-state index in [1.807, 2.05) is 60.7 Å². The molecule has 1 aliphatic carbocycles. The lowest BCUT2D eigenvalue weighted by atomic mass is 9.79. The first-order chi connectivity index (χ1) is 18.2. The largest absolute Gasteiger partial charge is 0.484 e. The number of ether oxygens (including phenoxy) is 2. The van der Waals surface area contributed by atoms with Crippen LogP contribution in [-0.2, 0) is 4.79 Å². The van der Waals surface area contributed by atoms with E-state index in [0.29, 0.717) is 11.5 Å². The molecule has 1 aliphatic heterocycles. The van der Waals surface area contributed by atoms with Crippen LogP contribution in [0.2, 0.25) is 0 Å². The summed E-state index contributed by atoms with van der Waals surface area (Å²) in [5.74, 6) is 2.16. The highest BCUT2D eigenvalue weighted by Gasteiger charge is 2.44. The summed E-state index contributed by atoms with van der Waals surface area (Å²) in [5, 5.41) is 10.8. The maximum absolute atomic E-state index is 13.5. The van der Waals surface area contributed by atoms with Crippen LogP contribution in [-0.4, -0.2) is 23.2 Å². The van der Waals surface area contributed by atoms with Gasteiger partial charge in [-0.1, -0.05) is 30.3 Å². The molecule has 7 heteroatoms. The van der Waals surface area contributed by atoms with Crippen LogP contribution < -0.4 is 9.47 Å². The molecule has 0 unspecified atom stereocenters. The lowest BCUT2D eigenvalue weighted by Crippen LogP contribution is -2.34. The first kappa shape index (κ1) is 23.7. The Bertz CT molecular complexity index is 1400. The van der Waals surface area contributed by atoms with Gasteiger partial charge < -0.3 is 9.47 Å². The zero-order chi connectivity index (χ0) is 25.0. The first-order valence-corrected chi connectivity index (χ1v) is 14.1. The van der Waals surface area contributed by atoms with Crippen molar-refractivity contribution in [3.05, 3.63) is 105 Å². The molecule has 4 aromatic rings. The maximum Gasteiger partial charge on any atom is 0.281 e. The molecule has 2 aromatic heterocycles. The van der Waals surface area contributed by atoms with Crippen LogP contribution in [0.15, 0.2) is 100 Å². The summed E-state index contributed by atoms with van der Waals surface area (Å²) < 4.78 is 11.7. The van der Waals surface area contributed by atoms with Gasteiger partial charge in [0.25, 0.3) is 5.91 Å². The van der Waals surface area contributed by atoms with Crippen molar-refractivity contribution in [1.82, 2.24) is 5.01 Å². The Morgan fingerprint density at radius 3 is 2.43 bits per heavy atom. The molecule has 0 saturated heterocycles. The van der Waals surface area contributed by atoms with Crippen LogP contribution in [0.25, 0.3) is 6.08 Å². The number of hydrogen-bond acceptors (Lipinski definition) is 6. The van der Waals surface area contributed by atoms with Crippen LogP contribution in [0.4, 0.5) is 0 Å². The van der Waals surface area contributed by atoms with E-state index >= 15 is 0 Å². The van der Waals surface area contributed by atoms with Crippen molar-refractivity contribution in [2.24, 2.45) is 11.0 Å². The van der Waals surface area contributed by atoms with Gasteiger partial charge in [0.1, 0.15) is 17.2 Å². The van der Waals surface area contributed by atoms with E-state index in [0.717, 1.165) is 35.6 Å². The Labute approximate surface area is 224 Å². The Morgan fingerprint density at radius 2 is 1.68 bits per heavy atom. The van der Waals surface area contributed by atoms with Gasteiger partial charge >= 0.3 is 0 Å². The molecule has 37 heavy (non-hydrogen) atoms. The van der Waals surface area contributed by atoms with Gasteiger partial charge in [-0.3, -0.25) is 4.79 Å². The number of allylic oxidation sites excluding steroid dienone is 1. The van der Waals surface area contributed by atoms with Gasteiger partial charge in [-0.2, -0.15) is 5.10 Å². The summed E-state index contributed by atoms with van der Waals surface area (Å²) in [4.78, 5) is 15.8. The molecular weight excluding hydrogens is 500 g/mol. The zero-order valence-electron chi connectivity index (χ0n) is 20.2. The van der Waals surface area contributed by atoms with Crippen molar-refractivity contribution in [2.75, 3.05) is 6.61 Å². The van der Waals surface area contributed by atoms with Crippen molar-refractivity contribution in [2.45, 2.75) is 25.3 Å². The van der Waals surface area contributed by atoms with Crippen molar-refractivity contribution in [1.29, 1.82) is 0 Å². The fraction of sp³-hybridized carbons (Fsp3) is 0.200. The molecule has 0 N–H and O–H groups in total. The third-order valence-corrected chi connectivity index (χ3v) is 8.38. The summed E-state index contributed by atoms with van der Waals surface area (Å²) in [6, 6.07) is 25.2. The Hall–Kier alpha value is -3.68. The predicted molar refractivity (Wildman–Crippen MR) is 149 cm³/mol. The molecular formula is C30H26N2O3S2. The minimum atomic E-state index is -0.139. The normalized spacial score (nSPS) is 19.9. The van der Waals surface area contributed by atoms with Gasteiger partial charge in [0.15, 0.2) is 6.61 Å². The second-order valence-corrected chi connectivity index (χ2v) is 11.0. The van der Waals surface area contributed by atoms with Crippen molar-refractivity contribution >= 4 is 40.4 Å². The number of hydrogen-bond donors (Lipinski definition) is 0. The highest BCUT2D eigenvalue weighted by atomic mass is 32.1. The number of fused-ring (bicyclic) bond motifs is 1. The molecule has 6 rings (SSSR count). The summed E-state index contributed by atoms with van der Waals surface area (Å²) >= 11 is 3.41. The number of hydrazone groups is 1. The van der Waals surface area contributed by atoms with Gasteiger partial charge in [0.05, 0.1) is 11.8 Å². The van der Waals surface area contributed by atoms with Crippen LogP contribution in [0.1, 0.15) is 35.1 Å². The number of thiophene rings is 2. The van der Waals surface area contributed by atoms with Gasteiger partial charge in [-0.25, -0.2) is 5.01 Å². The van der Waals surface area contributed by atoms with Crippen LogP contribution >= 0.6 is 22.7 Å². The number of nitrogens with zero attached hydrogens (tertiary/aromatic N) is 2. The fourth-order valence-corrected chi connectivity index (χ4v) is 6.49. The standard InChI is InChI=1S/C30H26N2O3S2/c33-28(20-34-22-13-15-24(16-14-22)35-23-8-2-1-3-9-23)32-30(27-12-6-18-37-27)26-11-4-7-21(29(26)31-32)19-25-10-5-17-36-25/h1-3,5-6,8-10,12-19,26,30H,4,7,11,20H2/b21-19-/t26-,30-/m1/s1. The minimum Gasteiger partial charge on any atom is -0.484 e. The lowest BCUT2D eigenvalue weighted by Gasteiger charge is -2.28. The summed E-state index contributed by atoms with van der Waals surface area (Å²) in [6.45, 7) is -0.0752. The maximum atomic E-state index is 13.5. The molecule has 2 aliphatic rings. The number of para-hydroxylation sites is 1. The molecule has 2 atom stereocenters. The monoisotopic (exact) mass is 526 g/mol. The summed E-state index contributed by atoms with van der Waals surface area (Å²) in [7, 11) is 0. The molecule has 1 amide bonds. The van der Waals surface area contributed by atoms with Gasteiger partial charge in [0.2, 0.25) is 0 Å². The number of carbonyl (C=O) groups excluding carboxylic acids is 1. The first-order valence-electron chi connectivity index (χ1n) is 12.4. The Kier molecular flexibility index (Phi) is 6.88. The van der Waals surface area contributed by atoms with Crippen molar-refractivity contribution < 1.29 is 14.3 Å². The van der Waals surface area contributed by atoms with Crippen molar-refractivity contribution in [3.8, 4) is 17.2 Å². The molecule has 1 fully saturated rings. The van der Waals surface area contributed by atoms with Gasteiger partial charge in [0, 0.05) is 15.7 Å². The third-order valence-electron chi connectivity index (χ3n) is 6.62. The Balaban J connectivity index is 1.18. The quantitative estimate of drug-likeness (QED) is 0.247. The van der Waals surface area contributed by atoms with Gasteiger partial charge in [-0.15, -0.1) is 22.7 Å². The van der Waals surface area contributed by atoms with E-state index in [2.05, 4.69) is 35.0 Å². The van der Waals surface area contributed by atoms with E-state index in [1.165, 1.54) is 10.5 Å². The second kappa shape index (κ2) is 10.7. The molecule has 0 spiro atoms. The average molecular weight is 527 g/mol. The number of amides is 1. The van der Waals surface area contributed by atoms with E-state index in [1.54, 1.807) is 27.7 Å². The van der Waals surface area contributed by atoms with E-state index in [9.17, 15) is 4.79 Å². The van der Waals surface area contributed by atoms with Crippen LogP contribution in [0, 0.1) is 5.92 Å².